The van der Waals surface area contributed by atoms with Crippen molar-refractivity contribution in [1.29, 1.82) is 0 Å². The van der Waals surface area contributed by atoms with Crippen molar-refractivity contribution in [2.75, 3.05) is 13.2 Å². The highest BCUT2D eigenvalue weighted by molar-refractivity contribution is 5.84. The van der Waals surface area contributed by atoms with E-state index in [4.69, 9.17) is 24.7 Å². The van der Waals surface area contributed by atoms with Gasteiger partial charge in [-0.3, -0.25) is 4.79 Å². The Kier molecular flexibility index (Phi) is 8.24. The predicted octanol–water partition coefficient (Wildman–Crippen LogP) is 1.18. The van der Waals surface area contributed by atoms with Gasteiger partial charge in [-0.05, 0) is 78.2 Å². The van der Waals surface area contributed by atoms with Gasteiger partial charge in [0.1, 0.15) is 11.9 Å². The Morgan fingerprint density at radius 1 is 1.18 bits per heavy atom. The highest BCUT2D eigenvalue weighted by Crippen LogP contribution is 2.49. The van der Waals surface area contributed by atoms with E-state index < -0.39 is 35.3 Å². The number of nitrogens with one attached hydrogen (secondary N) is 1. The topological polar surface area (TPSA) is 153 Å². The molecule has 0 aromatic carbocycles. The van der Waals surface area contributed by atoms with Crippen molar-refractivity contribution in [3.8, 4) is 0 Å². The number of carbonyl (C=O) groups excluding carboxylic acids is 2. The molecule has 0 bridgehead atoms. The van der Waals surface area contributed by atoms with Crippen LogP contribution in [0.1, 0.15) is 78.6 Å². The lowest BCUT2D eigenvalue weighted by Crippen LogP contribution is -2.63. The molecule has 11 unspecified atom stereocenters. The van der Waals surface area contributed by atoms with Gasteiger partial charge < -0.3 is 40.2 Å². The molecule has 1 aliphatic carbocycles. The SMILES string of the molecule is CC1CC(=O)C2C(CC3OC(C)(C)C(OC(=O)C4(CCCO)OC4CCC4CCNC(N)C4)CC3C2O)O1. The van der Waals surface area contributed by atoms with E-state index in [9.17, 15) is 19.8 Å². The van der Waals surface area contributed by atoms with Crippen LogP contribution < -0.4 is 11.1 Å². The summed E-state index contributed by atoms with van der Waals surface area (Å²) >= 11 is 0. The molecule has 4 saturated heterocycles. The van der Waals surface area contributed by atoms with Crippen LogP contribution in [0, 0.1) is 17.8 Å². The Balaban J connectivity index is 1.24. The van der Waals surface area contributed by atoms with Crippen LogP contribution >= 0.6 is 0 Å². The number of rotatable bonds is 8. The molecule has 4 aliphatic heterocycles. The standard InChI is InChI=1S/C28H46N2O8/c1-15-11-18(32)24-20(35-15)14-19-17(25(24)33)13-22(27(2,3)37-19)36-26(34)28(8-4-10-31)21(38-28)6-5-16-7-9-30-23(29)12-16/h15-17,19-25,30-31,33H,4-14,29H2,1-3H3. The third kappa shape index (κ3) is 5.55. The van der Waals surface area contributed by atoms with Crippen LogP contribution in [0.5, 0.6) is 0 Å². The summed E-state index contributed by atoms with van der Waals surface area (Å²) in [6.45, 7) is 6.56. The lowest BCUT2D eigenvalue weighted by molar-refractivity contribution is -0.257. The number of hydrogen-bond donors (Lipinski definition) is 4. The number of ketones is 1. The lowest BCUT2D eigenvalue weighted by atomic mass is 9.67. The normalized spacial score (nSPS) is 46.1. The van der Waals surface area contributed by atoms with Gasteiger partial charge in [0.05, 0.1) is 48.2 Å². The Bertz CT molecular complexity index is 885. The molecule has 10 nitrogen and oxygen atoms in total. The van der Waals surface area contributed by atoms with Crippen molar-refractivity contribution >= 4 is 11.8 Å². The van der Waals surface area contributed by atoms with E-state index in [1.54, 1.807) is 0 Å². The van der Waals surface area contributed by atoms with E-state index in [1.807, 2.05) is 20.8 Å². The van der Waals surface area contributed by atoms with Crippen LogP contribution in [0.3, 0.4) is 0 Å². The second-order valence-corrected chi connectivity index (χ2v) is 12.8. The first-order valence-electron chi connectivity index (χ1n) is 14.6. The van der Waals surface area contributed by atoms with Gasteiger partial charge in [-0.15, -0.1) is 0 Å². The molecule has 0 aromatic rings. The number of aliphatic hydroxyl groups excluding tert-OH is 2. The second-order valence-electron chi connectivity index (χ2n) is 12.8. The van der Waals surface area contributed by atoms with Gasteiger partial charge in [0.25, 0.3) is 0 Å². The minimum atomic E-state index is -1.05. The summed E-state index contributed by atoms with van der Waals surface area (Å²) in [6.07, 6.45) is 3.21. The van der Waals surface area contributed by atoms with E-state index in [0.717, 1.165) is 32.2 Å². The molecule has 0 aromatic heterocycles. The Morgan fingerprint density at radius 3 is 2.71 bits per heavy atom. The number of piperidine rings is 1. The number of esters is 1. The molecule has 1 saturated carbocycles. The average molecular weight is 539 g/mol. The van der Waals surface area contributed by atoms with Gasteiger partial charge in [-0.1, -0.05) is 0 Å². The Morgan fingerprint density at radius 2 is 1.97 bits per heavy atom. The Labute approximate surface area is 225 Å². The van der Waals surface area contributed by atoms with Crippen LogP contribution in [0.15, 0.2) is 0 Å². The van der Waals surface area contributed by atoms with Crippen molar-refractivity contribution < 1.29 is 38.7 Å². The van der Waals surface area contributed by atoms with Gasteiger partial charge in [0.2, 0.25) is 0 Å². The number of ether oxygens (including phenoxy) is 4. The molecule has 5 fully saturated rings. The summed E-state index contributed by atoms with van der Waals surface area (Å²) in [5, 5.41) is 24.0. The number of aliphatic hydroxyl groups is 2. The third-order valence-electron chi connectivity index (χ3n) is 9.63. The molecule has 0 spiro atoms. The monoisotopic (exact) mass is 538 g/mol. The van der Waals surface area contributed by atoms with Crippen molar-refractivity contribution in [2.45, 2.75) is 133 Å². The van der Waals surface area contributed by atoms with Gasteiger partial charge in [-0.2, -0.15) is 0 Å². The quantitative estimate of drug-likeness (QED) is 0.262. The van der Waals surface area contributed by atoms with Gasteiger partial charge >= 0.3 is 5.97 Å². The number of carbonyl (C=O) groups is 2. The summed E-state index contributed by atoms with van der Waals surface area (Å²) in [4.78, 5) is 26.4. The molecule has 38 heavy (non-hydrogen) atoms. The molecule has 11 atom stereocenters. The zero-order chi connectivity index (χ0) is 27.2. The first kappa shape index (κ1) is 28.4. The fraction of sp³-hybridized carbons (Fsp3) is 0.929. The van der Waals surface area contributed by atoms with Crippen molar-refractivity contribution in [3.63, 3.8) is 0 Å². The van der Waals surface area contributed by atoms with E-state index in [2.05, 4.69) is 5.32 Å². The largest absolute Gasteiger partial charge is 0.457 e. The average Bonchev–Trinajstić information content (AvgIpc) is 3.56. The number of Topliss-reactive ketones (excluding diaryl/α,β-unsaturated/α-hetero) is 1. The van der Waals surface area contributed by atoms with E-state index in [1.165, 1.54) is 0 Å². The van der Waals surface area contributed by atoms with Crippen molar-refractivity contribution in [3.05, 3.63) is 0 Å². The van der Waals surface area contributed by atoms with Crippen LogP contribution in [0.25, 0.3) is 0 Å². The minimum Gasteiger partial charge on any atom is -0.457 e. The van der Waals surface area contributed by atoms with Gasteiger partial charge in [-0.25, -0.2) is 4.79 Å². The fourth-order valence-electron chi connectivity index (χ4n) is 7.44. The fourth-order valence-corrected chi connectivity index (χ4v) is 7.44. The smallest absolute Gasteiger partial charge is 0.341 e. The number of nitrogens with two attached hydrogens (primary N) is 1. The highest BCUT2D eigenvalue weighted by atomic mass is 16.7. The predicted molar refractivity (Wildman–Crippen MR) is 137 cm³/mol. The molecule has 5 rings (SSSR count). The van der Waals surface area contributed by atoms with Crippen LogP contribution in [0.4, 0.5) is 0 Å². The van der Waals surface area contributed by atoms with Crippen molar-refractivity contribution in [1.82, 2.24) is 5.32 Å². The van der Waals surface area contributed by atoms with Gasteiger partial charge in [0.15, 0.2) is 5.60 Å². The van der Waals surface area contributed by atoms with Crippen LogP contribution in [0.2, 0.25) is 0 Å². The maximum absolute atomic E-state index is 13.6. The van der Waals surface area contributed by atoms with E-state index in [0.29, 0.717) is 38.0 Å². The first-order chi connectivity index (χ1) is 18.0. The summed E-state index contributed by atoms with van der Waals surface area (Å²) in [7, 11) is 0. The number of epoxide rings is 1. The number of hydrogen-bond acceptors (Lipinski definition) is 10. The zero-order valence-electron chi connectivity index (χ0n) is 23.0. The first-order valence-corrected chi connectivity index (χ1v) is 14.6. The molecule has 0 amide bonds. The maximum atomic E-state index is 13.6. The van der Waals surface area contributed by atoms with E-state index in [-0.39, 0.29) is 48.9 Å². The number of fused-ring (bicyclic) bond motifs is 2. The Hall–Kier alpha value is -1.14. The molecular weight excluding hydrogens is 492 g/mol. The van der Waals surface area contributed by atoms with Crippen molar-refractivity contribution in [2.24, 2.45) is 23.5 Å². The third-order valence-corrected chi connectivity index (χ3v) is 9.63. The van der Waals surface area contributed by atoms with Crippen LogP contribution in [-0.4, -0.2) is 89.1 Å². The summed E-state index contributed by atoms with van der Waals surface area (Å²) in [5.41, 5.74) is 4.22. The molecule has 5 aliphatic rings. The second kappa shape index (κ2) is 11.0. The summed E-state index contributed by atoms with van der Waals surface area (Å²) in [5.74, 6) is -0.784. The maximum Gasteiger partial charge on any atom is 0.341 e. The zero-order valence-corrected chi connectivity index (χ0v) is 23.0. The van der Waals surface area contributed by atoms with Gasteiger partial charge in [0, 0.05) is 25.4 Å². The van der Waals surface area contributed by atoms with Crippen LogP contribution in [-0.2, 0) is 28.5 Å². The summed E-state index contributed by atoms with van der Waals surface area (Å²) in [6, 6.07) is 0. The summed E-state index contributed by atoms with van der Waals surface area (Å²) < 4.78 is 24.6. The molecule has 10 heteroatoms. The molecule has 0 radical (unpaired) electrons. The molecular formula is C28H46N2O8. The lowest BCUT2D eigenvalue weighted by Gasteiger charge is -2.53. The molecule has 216 valence electrons. The van der Waals surface area contributed by atoms with E-state index >= 15 is 0 Å². The molecule has 5 N–H and O–H groups in total. The highest BCUT2D eigenvalue weighted by Gasteiger charge is 2.64. The molecule has 4 heterocycles. The minimum absolute atomic E-state index is 0.0135.